The van der Waals surface area contributed by atoms with Crippen molar-refractivity contribution < 1.29 is 31.8 Å². The van der Waals surface area contributed by atoms with Gasteiger partial charge in [0.25, 0.3) is 5.12 Å². The molecule has 0 fully saturated rings. The largest absolute Gasteiger partial charge is 0.366 e. The molecule has 0 aromatic heterocycles. The van der Waals surface area contributed by atoms with Crippen LogP contribution in [0, 0.1) is 0 Å². The van der Waals surface area contributed by atoms with Gasteiger partial charge in [0, 0.05) is 12.5 Å². The highest BCUT2D eigenvalue weighted by Gasteiger charge is 2.47. The van der Waals surface area contributed by atoms with E-state index in [1.54, 1.807) is 30.3 Å². The molecular weight excluding hydrogens is 320 g/mol. The predicted octanol–water partition coefficient (Wildman–Crippen LogP) is -0.701. The van der Waals surface area contributed by atoms with Crippen molar-refractivity contribution in [3.05, 3.63) is 35.9 Å². The topological polar surface area (TPSA) is 118 Å². The summed E-state index contributed by atoms with van der Waals surface area (Å²) in [6.07, 6.45) is -0.374. The average Bonchev–Trinajstić information content (AvgIpc) is 2.33. The maximum Gasteiger partial charge on any atom is 0.296 e. The van der Waals surface area contributed by atoms with Gasteiger partial charge in [-0.3, -0.25) is 0 Å². The zero-order chi connectivity index (χ0) is 16.3. The molecule has 0 aliphatic heterocycles. The van der Waals surface area contributed by atoms with Crippen LogP contribution in [0.5, 0.6) is 0 Å². The number of ether oxygens (including phenoxy) is 1. The Kier molecular flexibility index (Phi) is 5.51. The zero-order valence-electron chi connectivity index (χ0n) is 11.6. The minimum atomic E-state index is -4.36. The lowest BCUT2D eigenvalue weighted by atomic mass is 10.2. The van der Waals surface area contributed by atoms with Crippen LogP contribution in [0.15, 0.2) is 30.3 Å². The van der Waals surface area contributed by atoms with Crippen molar-refractivity contribution >= 4 is 19.7 Å². The normalized spacial score (nSPS) is 14.9. The zero-order valence-corrected chi connectivity index (χ0v) is 13.3. The predicted molar refractivity (Wildman–Crippen MR) is 76.7 cm³/mol. The molecule has 0 heterocycles. The van der Waals surface area contributed by atoms with E-state index in [1.807, 2.05) is 0 Å². The van der Waals surface area contributed by atoms with E-state index in [-0.39, 0.29) is 6.61 Å². The summed E-state index contributed by atoms with van der Waals surface area (Å²) >= 11 is 0. The number of hydrogen-bond donors (Lipinski definition) is 2. The van der Waals surface area contributed by atoms with E-state index in [9.17, 15) is 27.0 Å². The Balaban J connectivity index is 2.98. The fraction of sp³-hybridized carbons (Fsp3) is 0.500. The molecule has 2 N–H and O–H groups in total. The van der Waals surface area contributed by atoms with Gasteiger partial charge in [-0.1, -0.05) is 30.3 Å². The molecule has 1 aromatic carbocycles. The van der Waals surface area contributed by atoms with Crippen molar-refractivity contribution in [2.24, 2.45) is 0 Å². The molecule has 7 nitrogen and oxygen atoms in total. The van der Waals surface area contributed by atoms with Crippen molar-refractivity contribution in [3.8, 4) is 0 Å². The molecule has 0 aliphatic carbocycles. The van der Waals surface area contributed by atoms with Crippen LogP contribution in [0.4, 0.5) is 0 Å². The van der Waals surface area contributed by atoms with Gasteiger partial charge in [0.05, 0.1) is 12.4 Å². The van der Waals surface area contributed by atoms with Gasteiger partial charge in [-0.25, -0.2) is 16.8 Å². The van der Waals surface area contributed by atoms with Crippen LogP contribution >= 0.6 is 0 Å². The van der Waals surface area contributed by atoms with E-state index in [0.717, 1.165) is 6.26 Å². The van der Waals surface area contributed by atoms with Gasteiger partial charge < -0.3 is 14.9 Å². The van der Waals surface area contributed by atoms with Crippen LogP contribution in [-0.2, 0) is 31.0 Å². The third-order valence-electron chi connectivity index (χ3n) is 2.71. The van der Waals surface area contributed by atoms with Crippen LogP contribution in [0.3, 0.4) is 0 Å². The first kappa shape index (κ1) is 18.1. The molecule has 0 saturated carbocycles. The molecule has 0 aliphatic rings. The monoisotopic (exact) mass is 338 g/mol. The van der Waals surface area contributed by atoms with Gasteiger partial charge in [0.2, 0.25) is 9.84 Å². The van der Waals surface area contributed by atoms with E-state index in [0.29, 0.717) is 11.8 Å². The minimum absolute atomic E-state index is 0.153. The lowest BCUT2D eigenvalue weighted by Crippen LogP contribution is -2.52. The first-order valence-corrected chi connectivity index (χ1v) is 9.86. The van der Waals surface area contributed by atoms with Gasteiger partial charge >= 0.3 is 0 Å². The highest BCUT2D eigenvalue weighted by molar-refractivity contribution is 7.92. The first-order valence-electron chi connectivity index (χ1n) is 5.91. The highest BCUT2D eigenvalue weighted by atomic mass is 32.2. The molecule has 21 heavy (non-hydrogen) atoms. The van der Waals surface area contributed by atoms with E-state index < -0.39 is 36.7 Å². The van der Waals surface area contributed by atoms with Gasteiger partial charge in [0.15, 0.2) is 0 Å². The van der Waals surface area contributed by atoms with Crippen LogP contribution in [-0.4, -0.2) is 56.5 Å². The second-order valence-electron chi connectivity index (χ2n) is 4.81. The number of benzene rings is 1. The average molecular weight is 338 g/mol. The standard InChI is InChI=1S/C12H18O7S2/c1-20(15,16)9-11(12(13,14)21(2,17)18)19-8-10-6-4-3-5-7-10/h3-7,11,13-14H,8-9H2,1-2H3. The van der Waals surface area contributed by atoms with Gasteiger partial charge in [-0.15, -0.1) is 0 Å². The summed E-state index contributed by atoms with van der Waals surface area (Å²) in [4.78, 5) is 0. The summed E-state index contributed by atoms with van der Waals surface area (Å²) < 4.78 is 50.6. The fourth-order valence-electron chi connectivity index (χ4n) is 1.55. The maximum atomic E-state index is 11.4. The van der Waals surface area contributed by atoms with Crippen molar-refractivity contribution in [1.82, 2.24) is 0 Å². The highest BCUT2D eigenvalue weighted by Crippen LogP contribution is 2.20. The lowest BCUT2D eigenvalue weighted by Gasteiger charge is -2.28. The summed E-state index contributed by atoms with van der Waals surface area (Å²) in [5.74, 6) is -0.833. The van der Waals surface area contributed by atoms with E-state index in [2.05, 4.69) is 0 Å². The van der Waals surface area contributed by atoms with Crippen LogP contribution in [0.2, 0.25) is 0 Å². The number of aliphatic hydroxyl groups is 2. The summed E-state index contributed by atoms with van der Waals surface area (Å²) in [6.45, 7) is -0.153. The molecule has 120 valence electrons. The maximum absolute atomic E-state index is 11.4. The number of rotatable bonds is 7. The smallest absolute Gasteiger partial charge is 0.296 e. The second-order valence-corrected chi connectivity index (χ2v) is 9.14. The Hall–Kier alpha value is -1.00. The Morgan fingerprint density at radius 3 is 2.05 bits per heavy atom. The van der Waals surface area contributed by atoms with Crippen molar-refractivity contribution in [2.75, 3.05) is 18.3 Å². The van der Waals surface area contributed by atoms with E-state index in [1.165, 1.54) is 0 Å². The Morgan fingerprint density at radius 1 is 1.10 bits per heavy atom. The van der Waals surface area contributed by atoms with Crippen LogP contribution in [0.25, 0.3) is 0 Å². The molecule has 1 aromatic rings. The molecule has 1 unspecified atom stereocenters. The SMILES string of the molecule is CS(=O)(=O)CC(OCc1ccccc1)C(O)(O)S(C)(=O)=O. The molecule has 0 bridgehead atoms. The van der Waals surface area contributed by atoms with Crippen LogP contribution in [0.1, 0.15) is 5.56 Å². The summed E-state index contributed by atoms with van der Waals surface area (Å²) in [5, 5.41) is 16.2. The molecule has 0 saturated heterocycles. The Labute approximate surface area is 124 Å². The second kappa shape index (κ2) is 6.41. The quantitative estimate of drug-likeness (QED) is 0.631. The molecule has 0 amide bonds. The number of hydrogen-bond acceptors (Lipinski definition) is 7. The van der Waals surface area contributed by atoms with Crippen LogP contribution < -0.4 is 0 Å². The van der Waals surface area contributed by atoms with Gasteiger partial charge in [-0.05, 0) is 5.56 Å². The van der Waals surface area contributed by atoms with Crippen molar-refractivity contribution in [3.63, 3.8) is 0 Å². The summed E-state index contributed by atoms with van der Waals surface area (Å²) in [5.41, 5.74) is 0.639. The van der Waals surface area contributed by atoms with Gasteiger partial charge in [0.1, 0.15) is 15.9 Å². The molecular formula is C12H18O7S2. The summed E-state index contributed by atoms with van der Waals surface area (Å²) in [6, 6.07) is 8.54. The first-order chi connectivity index (χ1) is 9.43. The van der Waals surface area contributed by atoms with E-state index in [4.69, 9.17) is 4.74 Å². The van der Waals surface area contributed by atoms with Gasteiger partial charge in [-0.2, -0.15) is 0 Å². The Bertz CT molecular complexity index is 663. The molecule has 0 radical (unpaired) electrons. The fourth-order valence-corrected chi connectivity index (χ4v) is 3.16. The molecule has 1 atom stereocenters. The third kappa shape index (κ3) is 5.36. The molecule has 0 spiro atoms. The lowest BCUT2D eigenvalue weighted by molar-refractivity contribution is -0.174. The molecule has 9 heteroatoms. The molecule has 1 rings (SSSR count). The van der Waals surface area contributed by atoms with E-state index >= 15 is 0 Å². The third-order valence-corrected chi connectivity index (χ3v) is 4.98. The number of sulfone groups is 2. The van der Waals surface area contributed by atoms with Crippen molar-refractivity contribution in [2.45, 2.75) is 17.8 Å². The summed E-state index contributed by atoms with van der Waals surface area (Å²) in [7, 11) is -8.04. The minimum Gasteiger partial charge on any atom is -0.366 e. The van der Waals surface area contributed by atoms with Crippen molar-refractivity contribution in [1.29, 1.82) is 0 Å². The Morgan fingerprint density at radius 2 is 1.62 bits per heavy atom.